The van der Waals surface area contributed by atoms with Crippen molar-refractivity contribution in [2.24, 2.45) is 0 Å². The van der Waals surface area contributed by atoms with E-state index in [0.29, 0.717) is 24.0 Å². The van der Waals surface area contributed by atoms with Crippen LogP contribution < -0.4 is 0 Å². The van der Waals surface area contributed by atoms with Crippen LogP contribution in [0.25, 0.3) is 0 Å². The normalized spacial score (nSPS) is 19.0. The van der Waals surface area contributed by atoms with E-state index in [1.54, 1.807) is 30.3 Å². The lowest BCUT2D eigenvalue weighted by atomic mass is 10.1. The summed E-state index contributed by atoms with van der Waals surface area (Å²) in [5.41, 5.74) is 2.68. The van der Waals surface area contributed by atoms with Crippen molar-refractivity contribution in [3.8, 4) is 0 Å². The molecule has 1 heterocycles. The minimum absolute atomic E-state index is 0.0340. The van der Waals surface area contributed by atoms with Gasteiger partial charge in [0.05, 0.1) is 16.1 Å². The number of hydrogen-bond acceptors (Lipinski definition) is 4. The summed E-state index contributed by atoms with van der Waals surface area (Å²) in [6.07, 6.45) is 1.00. The van der Waals surface area contributed by atoms with E-state index in [-0.39, 0.29) is 23.5 Å². The van der Waals surface area contributed by atoms with Gasteiger partial charge in [0.15, 0.2) is 0 Å². The van der Waals surface area contributed by atoms with Crippen LogP contribution in [0.15, 0.2) is 42.5 Å². The number of carbonyl (C=O) groups is 2. The molecule has 0 aromatic heterocycles. The number of rotatable bonds is 2. The van der Waals surface area contributed by atoms with Gasteiger partial charge in [-0.05, 0) is 36.1 Å². The van der Waals surface area contributed by atoms with Crippen LogP contribution in [0.5, 0.6) is 0 Å². The van der Waals surface area contributed by atoms with Crippen molar-refractivity contribution < 1.29 is 14.5 Å². The van der Waals surface area contributed by atoms with Crippen LogP contribution in [-0.4, -0.2) is 27.7 Å². The van der Waals surface area contributed by atoms with Crippen LogP contribution in [0.4, 0.5) is 5.69 Å². The Kier molecular flexibility index (Phi) is 2.81. The molecule has 2 aromatic rings. The Morgan fingerprint density at radius 3 is 2.17 bits per heavy atom. The lowest BCUT2D eigenvalue weighted by molar-refractivity contribution is -0.384. The third-order valence-electron chi connectivity index (χ3n) is 4.50. The predicted molar refractivity (Wildman–Crippen MR) is 81.2 cm³/mol. The number of nitro benzene ring substituents is 1. The second kappa shape index (κ2) is 4.74. The Morgan fingerprint density at radius 1 is 0.957 bits per heavy atom. The zero-order valence-corrected chi connectivity index (χ0v) is 12.1. The van der Waals surface area contributed by atoms with Crippen LogP contribution >= 0.6 is 0 Å². The van der Waals surface area contributed by atoms with Crippen LogP contribution in [0.3, 0.4) is 0 Å². The van der Waals surface area contributed by atoms with Crippen LogP contribution in [-0.2, 0) is 12.8 Å². The molecule has 6 nitrogen and oxygen atoms in total. The number of hydrogen-bond donors (Lipinski definition) is 0. The SMILES string of the molecule is O=C1c2ccccc2C(=O)N1[C@@H]1Cc2ccc([N+](=O)[O-])cc2C1. The summed E-state index contributed by atoms with van der Waals surface area (Å²) in [5, 5.41) is 10.9. The number of carbonyl (C=O) groups excluding carboxylic acids is 2. The molecule has 1 atom stereocenters. The third kappa shape index (κ3) is 1.95. The van der Waals surface area contributed by atoms with Gasteiger partial charge in [0.1, 0.15) is 0 Å². The molecule has 0 radical (unpaired) electrons. The van der Waals surface area contributed by atoms with Gasteiger partial charge < -0.3 is 0 Å². The topological polar surface area (TPSA) is 80.5 Å². The molecule has 0 saturated carbocycles. The van der Waals surface area contributed by atoms with Crippen molar-refractivity contribution in [2.45, 2.75) is 18.9 Å². The Morgan fingerprint density at radius 2 is 1.57 bits per heavy atom. The number of imide groups is 1. The average molecular weight is 308 g/mol. The first-order valence-electron chi connectivity index (χ1n) is 7.29. The quantitative estimate of drug-likeness (QED) is 0.484. The first-order valence-corrected chi connectivity index (χ1v) is 7.29. The van der Waals surface area contributed by atoms with Crippen molar-refractivity contribution in [2.75, 3.05) is 0 Å². The highest BCUT2D eigenvalue weighted by molar-refractivity contribution is 6.21. The van der Waals surface area contributed by atoms with Crippen LogP contribution in [0.1, 0.15) is 31.8 Å². The predicted octanol–water partition coefficient (Wildman–Crippen LogP) is 2.36. The monoisotopic (exact) mass is 308 g/mol. The van der Waals surface area contributed by atoms with Crippen molar-refractivity contribution in [1.29, 1.82) is 0 Å². The first-order chi connectivity index (χ1) is 11.1. The molecule has 0 fully saturated rings. The minimum atomic E-state index is -0.435. The fourth-order valence-electron chi connectivity index (χ4n) is 3.42. The molecule has 114 valence electrons. The Balaban J connectivity index is 1.66. The van der Waals surface area contributed by atoms with E-state index < -0.39 is 4.92 Å². The zero-order valence-electron chi connectivity index (χ0n) is 12.1. The number of non-ortho nitro benzene ring substituents is 1. The van der Waals surface area contributed by atoms with E-state index in [0.717, 1.165) is 11.1 Å². The van der Waals surface area contributed by atoms with E-state index in [2.05, 4.69) is 0 Å². The van der Waals surface area contributed by atoms with Gasteiger partial charge in [0, 0.05) is 18.2 Å². The van der Waals surface area contributed by atoms with Gasteiger partial charge in [-0.3, -0.25) is 24.6 Å². The van der Waals surface area contributed by atoms with Gasteiger partial charge in [-0.2, -0.15) is 0 Å². The largest absolute Gasteiger partial charge is 0.271 e. The fourth-order valence-corrected chi connectivity index (χ4v) is 3.42. The molecule has 1 aliphatic heterocycles. The molecule has 2 amide bonds. The first kappa shape index (κ1) is 13.6. The van der Waals surface area contributed by atoms with E-state index in [1.807, 2.05) is 0 Å². The number of nitrogens with zero attached hydrogens (tertiary/aromatic N) is 2. The molecule has 2 aliphatic rings. The number of nitro groups is 1. The maximum absolute atomic E-state index is 12.5. The zero-order chi connectivity index (χ0) is 16.1. The van der Waals surface area contributed by atoms with Gasteiger partial charge in [0.25, 0.3) is 17.5 Å². The average Bonchev–Trinajstić information content (AvgIpc) is 3.06. The summed E-state index contributed by atoms with van der Waals surface area (Å²) in [6.45, 7) is 0. The Hall–Kier alpha value is -3.02. The van der Waals surface area contributed by atoms with E-state index in [4.69, 9.17) is 0 Å². The summed E-state index contributed by atoms with van der Waals surface area (Å²) in [4.78, 5) is 36.8. The third-order valence-corrected chi connectivity index (χ3v) is 4.50. The van der Waals surface area contributed by atoms with Crippen molar-refractivity contribution >= 4 is 17.5 Å². The molecular weight excluding hydrogens is 296 g/mol. The highest BCUT2D eigenvalue weighted by atomic mass is 16.6. The van der Waals surface area contributed by atoms with Crippen LogP contribution in [0.2, 0.25) is 0 Å². The fraction of sp³-hybridized carbons (Fsp3) is 0.176. The molecule has 0 unspecified atom stereocenters. The van der Waals surface area contributed by atoms with Crippen molar-refractivity contribution in [1.82, 2.24) is 4.90 Å². The van der Waals surface area contributed by atoms with Crippen LogP contribution in [0, 0.1) is 10.1 Å². The second-order valence-electron chi connectivity index (χ2n) is 5.80. The van der Waals surface area contributed by atoms with Gasteiger partial charge >= 0.3 is 0 Å². The summed E-state index contributed by atoms with van der Waals surface area (Å²) >= 11 is 0. The molecule has 0 spiro atoms. The molecule has 0 N–H and O–H groups in total. The van der Waals surface area contributed by atoms with Crippen molar-refractivity contribution in [3.63, 3.8) is 0 Å². The van der Waals surface area contributed by atoms with E-state index in [1.165, 1.54) is 17.0 Å². The molecule has 4 rings (SSSR count). The van der Waals surface area contributed by atoms with E-state index in [9.17, 15) is 19.7 Å². The van der Waals surface area contributed by atoms with Gasteiger partial charge in [0.2, 0.25) is 0 Å². The van der Waals surface area contributed by atoms with Gasteiger partial charge in [-0.25, -0.2) is 0 Å². The second-order valence-corrected chi connectivity index (χ2v) is 5.80. The summed E-state index contributed by atoms with van der Waals surface area (Å²) < 4.78 is 0. The van der Waals surface area contributed by atoms with Crippen molar-refractivity contribution in [3.05, 3.63) is 74.8 Å². The number of fused-ring (bicyclic) bond motifs is 2. The molecule has 0 bridgehead atoms. The van der Waals surface area contributed by atoms with Gasteiger partial charge in [-0.15, -0.1) is 0 Å². The Labute approximate surface area is 131 Å². The highest BCUT2D eigenvalue weighted by Crippen LogP contribution is 2.33. The number of amides is 2. The lowest BCUT2D eigenvalue weighted by Crippen LogP contribution is -2.40. The summed E-state index contributed by atoms with van der Waals surface area (Å²) in [6, 6.07) is 11.2. The minimum Gasteiger partial charge on any atom is -0.271 e. The maximum atomic E-state index is 12.5. The Bertz CT molecular complexity index is 840. The molecule has 6 heteroatoms. The smallest absolute Gasteiger partial charge is 0.269 e. The lowest BCUT2D eigenvalue weighted by Gasteiger charge is -2.21. The maximum Gasteiger partial charge on any atom is 0.269 e. The summed E-state index contributed by atoms with van der Waals surface area (Å²) in [5.74, 6) is -0.559. The van der Waals surface area contributed by atoms with Gasteiger partial charge in [-0.1, -0.05) is 18.2 Å². The summed E-state index contributed by atoms with van der Waals surface area (Å²) in [7, 11) is 0. The standard InChI is InChI=1S/C17H12N2O4/c20-16-14-3-1-2-4-15(14)17(21)18(16)13-7-10-5-6-12(19(22)23)8-11(10)9-13/h1-6,8,13H,7,9H2/t13-/m1/s1. The molecule has 23 heavy (non-hydrogen) atoms. The van der Waals surface area contributed by atoms with E-state index >= 15 is 0 Å². The molecule has 2 aromatic carbocycles. The molecular formula is C17H12N2O4. The number of benzene rings is 2. The molecule has 0 saturated heterocycles. The molecule has 1 aliphatic carbocycles. The highest BCUT2D eigenvalue weighted by Gasteiger charge is 2.41.